The maximum Gasteiger partial charge on any atom is 0.416 e. The van der Waals surface area contributed by atoms with Crippen LogP contribution in [0.3, 0.4) is 0 Å². The third kappa shape index (κ3) is 7.36. The fourth-order valence-electron chi connectivity index (χ4n) is 4.38. The Morgan fingerprint density at radius 1 is 1.07 bits per heavy atom. The van der Waals surface area contributed by atoms with Crippen molar-refractivity contribution in [2.45, 2.75) is 47.3 Å². The highest BCUT2D eigenvalue weighted by atomic mass is 19.4. The van der Waals surface area contributed by atoms with Gasteiger partial charge in [0.2, 0.25) is 0 Å². The smallest absolute Gasteiger partial charge is 0.416 e. The highest BCUT2D eigenvalue weighted by molar-refractivity contribution is 6.05. The largest absolute Gasteiger partial charge is 0.495 e. The van der Waals surface area contributed by atoms with Crippen LogP contribution in [0.1, 0.15) is 58.9 Å². The second kappa shape index (κ2) is 11.8. The maximum atomic E-state index is 13.9. The number of nitrogens with zero attached hydrogens (tertiary/aromatic N) is 2. The first-order chi connectivity index (χ1) is 19.2. The molecule has 41 heavy (non-hydrogen) atoms. The van der Waals surface area contributed by atoms with E-state index in [0.29, 0.717) is 29.1 Å². The van der Waals surface area contributed by atoms with E-state index in [2.05, 4.69) is 26.6 Å². The van der Waals surface area contributed by atoms with Crippen molar-refractivity contribution in [1.29, 1.82) is 0 Å². The molecule has 0 unspecified atom stereocenters. The van der Waals surface area contributed by atoms with Crippen molar-refractivity contribution in [1.82, 2.24) is 21.3 Å². The van der Waals surface area contributed by atoms with E-state index in [4.69, 9.17) is 4.74 Å². The third-order valence-corrected chi connectivity index (χ3v) is 6.61. The molecule has 1 aliphatic heterocycles. The minimum atomic E-state index is -4.56. The molecule has 11 heteroatoms. The number of aromatic nitrogens is 1. The molecule has 0 bridgehead atoms. The van der Waals surface area contributed by atoms with Crippen LogP contribution in [0.2, 0.25) is 0 Å². The summed E-state index contributed by atoms with van der Waals surface area (Å²) in [5, 5.41) is 7.61. The lowest BCUT2D eigenvalue weighted by molar-refractivity contribution is -0.138. The van der Waals surface area contributed by atoms with Gasteiger partial charge < -0.3 is 20.8 Å². The minimum Gasteiger partial charge on any atom is -0.495 e. The summed E-state index contributed by atoms with van der Waals surface area (Å²) in [7, 11) is 1.56. The quantitative estimate of drug-likeness (QED) is 0.267. The van der Waals surface area contributed by atoms with Crippen LogP contribution in [0.25, 0.3) is 5.70 Å². The molecule has 0 saturated heterocycles. The molecule has 0 atom stereocenters. The summed E-state index contributed by atoms with van der Waals surface area (Å²) in [5.41, 5.74) is 9.37. The molecule has 2 heterocycles. The van der Waals surface area contributed by atoms with E-state index in [1.54, 1.807) is 48.8 Å². The number of benzene rings is 2. The molecule has 1 amide bonds. The average Bonchev–Trinajstić information content (AvgIpc) is 3.39. The van der Waals surface area contributed by atoms with E-state index in [1.807, 2.05) is 40.0 Å². The molecule has 2 aromatic carbocycles. The Bertz CT molecular complexity index is 1460. The second-order valence-electron chi connectivity index (χ2n) is 11.2. The number of hydrogen-bond acceptors (Lipinski definition) is 7. The van der Waals surface area contributed by atoms with Crippen molar-refractivity contribution in [3.05, 3.63) is 88.4 Å². The van der Waals surface area contributed by atoms with Gasteiger partial charge in [0.1, 0.15) is 5.75 Å². The zero-order valence-corrected chi connectivity index (χ0v) is 24.0. The number of carbonyl (C=O) groups is 1. The predicted octanol–water partition coefficient (Wildman–Crippen LogP) is 5.94. The van der Waals surface area contributed by atoms with Gasteiger partial charge in [-0.05, 0) is 66.3 Å². The first kappa shape index (κ1) is 29.9. The van der Waals surface area contributed by atoms with Gasteiger partial charge >= 0.3 is 6.18 Å². The van der Waals surface area contributed by atoms with Gasteiger partial charge in [-0.3, -0.25) is 14.8 Å². The second-order valence-corrected chi connectivity index (χ2v) is 11.2. The Labute approximate surface area is 237 Å². The highest BCUT2D eigenvalue weighted by Gasteiger charge is 2.34. The van der Waals surface area contributed by atoms with E-state index < -0.39 is 17.6 Å². The zero-order valence-electron chi connectivity index (χ0n) is 24.0. The highest BCUT2D eigenvalue weighted by Crippen LogP contribution is 2.36. The van der Waals surface area contributed by atoms with Gasteiger partial charge in [-0.2, -0.15) is 13.2 Å². The number of carbonyl (C=O) groups excluding carboxylic acids is 1. The maximum absolute atomic E-state index is 13.9. The van der Waals surface area contributed by atoms with Gasteiger partial charge in [-0.15, -0.1) is 5.53 Å². The van der Waals surface area contributed by atoms with E-state index in [0.717, 1.165) is 22.9 Å². The zero-order chi connectivity index (χ0) is 29.9. The molecule has 1 aromatic heterocycles. The molecule has 1 aliphatic rings. The minimum absolute atomic E-state index is 0.0315. The number of pyridine rings is 1. The van der Waals surface area contributed by atoms with Crippen LogP contribution in [-0.4, -0.2) is 24.5 Å². The van der Waals surface area contributed by atoms with Crippen LogP contribution in [0.5, 0.6) is 5.75 Å². The first-order valence-corrected chi connectivity index (χ1v) is 13.1. The van der Waals surface area contributed by atoms with Crippen LogP contribution < -0.4 is 31.3 Å². The van der Waals surface area contributed by atoms with Gasteiger partial charge in [0.05, 0.1) is 30.3 Å². The molecular weight excluding hydrogens is 533 g/mol. The Morgan fingerprint density at radius 2 is 1.83 bits per heavy atom. The lowest BCUT2D eigenvalue weighted by Crippen LogP contribution is -2.36. The summed E-state index contributed by atoms with van der Waals surface area (Å²) in [5.74, 6) is 0.0848. The standard InChI is InChI=1S/C30H35F3N6O2/c1-18-7-8-20(11-27(18)39-16-26(37-38-39)22-10-24(41-6)15-34-14-22)28(40)36-23-9-21(13-35-17-29(3,4)5)19(2)25(12-23)30(31,32)33/h7-12,14-16,35,37-38H,13,17H2,1-6H3,(H,36,40). The Morgan fingerprint density at radius 3 is 2.51 bits per heavy atom. The lowest BCUT2D eigenvalue weighted by atomic mass is 9.96. The van der Waals surface area contributed by atoms with E-state index in [9.17, 15) is 18.0 Å². The number of methoxy groups -OCH3 is 1. The van der Waals surface area contributed by atoms with Gasteiger partial charge in [-0.25, -0.2) is 0 Å². The van der Waals surface area contributed by atoms with Crippen LogP contribution in [0, 0.1) is 19.3 Å². The summed E-state index contributed by atoms with van der Waals surface area (Å²) in [4.78, 5) is 17.4. The molecule has 0 fully saturated rings. The SMILES string of the molecule is COc1cncc(C2=CN(c3cc(C(=O)Nc4cc(CNCC(C)(C)C)c(C)c(C(F)(F)F)c4)ccc3C)NN2)c1. The lowest BCUT2D eigenvalue weighted by Gasteiger charge is -2.21. The van der Waals surface area contributed by atoms with E-state index >= 15 is 0 Å². The number of amides is 1. The molecule has 0 spiro atoms. The predicted molar refractivity (Wildman–Crippen MR) is 154 cm³/mol. The van der Waals surface area contributed by atoms with Gasteiger partial charge in [-0.1, -0.05) is 26.8 Å². The van der Waals surface area contributed by atoms with Crippen LogP contribution in [-0.2, 0) is 12.7 Å². The molecule has 0 aliphatic carbocycles. The molecule has 218 valence electrons. The van der Waals surface area contributed by atoms with Crippen molar-refractivity contribution in [2.24, 2.45) is 5.41 Å². The number of hydrazine groups is 2. The number of ether oxygens (including phenoxy) is 1. The van der Waals surface area contributed by atoms with E-state index in [-0.39, 0.29) is 23.2 Å². The van der Waals surface area contributed by atoms with Crippen molar-refractivity contribution in [3.63, 3.8) is 0 Å². The third-order valence-electron chi connectivity index (χ3n) is 6.61. The van der Waals surface area contributed by atoms with E-state index in [1.165, 1.54) is 6.92 Å². The molecule has 4 rings (SSSR count). The summed E-state index contributed by atoms with van der Waals surface area (Å²) < 4.78 is 46.9. The van der Waals surface area contributed by atoms with Crippen molar-refractivity contribution in [2.75, 3.05) is 24.0 Å². The number of nitrogens with one attached hydrogen (secondary N) is 4. The number of halogens is 3. The molecule has 4 N–H and O–H groups in total. The number of alkyl halides is 3. The summed E-state index contributed by atoms with van der Waals surface area (Å²) in [6.45, 7) is 10.3. The molecule has 0 radical (unpaired) electrons. The Kier molecular flexibility index (Phi) is 8.60. The Balaban J connectivity index is 1.58. The summed E-state index contributed by atoms with van der Waals surface area (Å²) in [6, 6.07) is 9.50. The van der Waals surface area contributed by atoms with Crippen LogP contribution in [0.15, 0.2) is 55.0 Å². The number of hydrogen-bond donors (Lipinski definition) is 4. The van der Waals surface area contributed by atoms with Gasteiger partial charge in [0, 0.05) is 42.3 Å². The topological polar surface area (TPSA) is 90.5 Å². The van der Waals surface area contributed by atoms with Gasteiger partial charge in [0.15, 0.2) is 0 Å². The first-order valence-electron chi connectivity index (χ1n) is 13.1. The van der Waals surface area contributed by atoms with Gasteiger partial charge in [0.25, 0.3) is 5.91 Å². The number of rotatable bonds is 8. The van der Waals surface area contributed by atoms with Crippen LogP contribution >= 0.6 is 0 Å². The average molecular weight is 569 g/mol. The van der Waals surface area contributed by atoms with Crippen molar-refractivity contribution >= 4 is 23.0 Å². The molecule has 8 nitrogen and oxygen atoms in total. The molecule has 3 aromatic rings. The fraction of sp³-hybridized carbons (Fsp3) is 0.333. The van der Waals surface area contributed by atoms with Crippen molar-refractivity contribution in [3.8, 4) is 5.75 Å². The summed E-state index contributed by atoms with van der Waals surface area (Å²) in [6.07, 6.45) is 0.546. The molecule has 0 saturated carbocycles. The molecular formula is C30H35F3N6O2. The number of anilines is 2. The summed E-state index contributed by atoms with van der Waals surface area (Å²) >= 11 is 0. The fourth-order valence-corrected chi connectivity index (χ4v) is 4.38. The Hall–Kier alpha value is -4.09. The normalized spacial score (nSPS) is 13.6. The monoisotopic (exact) mass is 568 g/mol. The van der Waals surface area contributed by atoms with Crippen LogP contribution in [0.4, 0.5) is 24.5 Å². The number of aryl methyl sites for hydroxylation is 1. The van der Waals surface area contributed by atoms with Crippen molar-refractivity contribution < 1.29 is 22.7 Å².